The van der Waals surface area contributed by atoms with Gasteiger partial charge in [-0.15, -0.1) is 0 Å². The number of aromatic nitrogens is 4. The molecule has 0 saturated heterocycles. The van der Waals surface area contributed by atoms with Gasteiger partial charge < -0.3 is 5.32 Å². The molecule has 6 nitrogen and oxygen atoms in total. The molecule has 0 aliphatic carbocycles. The molecule has 1 aromatic carbocycles. The second-order valence-electron chi connectivity index (χ2n) is 5.47. The number of halogens is 1. The van der Waals surface area contributed by atoms with E-state index in [1.165, 1.54) is 0 Å². The van der Waals surface area contributed by atoms with Crippen LogP contribution in [0.25, 0.3) is 0 Å². The number of nitrogens with one attached hydrogen (secondary N) is 1. The van der Waals surface area contributed by atoms with E-state index in [1.807, 2.05) is 36.7 Å². The summed E-state index contributed by atoms with van der Waals surface area (Å²) in [5.74, 6) is -0.229. The molecular weight excluding hydrogens is 370 g/mol. The summed E-state index contributed by atoms with van der Waals surface area (Å²) in [6.45, 7) is 3.52. The van der Waals surface area contributed by atoms with Gasteiger partial charge in [-0.2, -0.15) is 10.2 Å². The molecule has 124 valence electrons. The maximum atomic E-state index is 12.2. The van der Waals surface area contributed by atoms with Crippen molar-refractivity contribution in [2.45, 2.75) is 26.4 Å². The molecule has 3 aromatic rings. The van der Waals surface area contributed by atoms with E-state index in [2.05, 4.69) is 38.4 Å². The number of rotatable bonds is 6. The Morgan fingerprint density at radius 3 is 2.75 bits per heavy atom. The molecule has 0 saturated carbocycles. The number of nitrogens with zero attached hydrogens (tertiary/aromatic N) is 4. The summed E-state index contributed by atoms with van der Waals surface area (Å²) >= 11 is 3.42. The molecule has 0 fully saturated rings. The lowest BCUT2D eigenvalue weighted by molar-refractivity contribution is 0.102. The number of aryl methyl sites for hydroxylation is 1. The van der Waals surface area contributed by atoms with Crippen molar-refractivity contribution in [1.82, 2.24) is 19.6 Å². The highest BCUT2D eigenvalue weighted by Crippen LogP contribution is 2.13. The van der Waals surface area contributed by atoms with Crippen molar-refractivity contribution in [3.63, 3.8) is 0 Å². The summed E-state index contributed by atoms with van der Waals surface area (Å²) in [4.78, 5) is 12.2. The smallest absolute Gasteiger partial charge is 0.276 e. The number of hydrogen-bond donors (Lipinski definition) is 1. The van der Waals surface area contributed by atoms with Gasteiger partial charge in [-0.25, -0.2) is 0 Å². The summed E-state index contributed by atoms with van der Waals surface area (Å²) in [6.07, 6.45) is 6.24. The van der Waals surface area contributed by atoms with Crippen LogP contribution in [0.4, 0.5) is 5.69 Å². The topological polar surface area (TPSA) is 64.7 Å². The molecule has 0 unspecified atom stereocenters. The highest BCUT2D eigenvalue weighted by Gasteiger charge is 2.11. The van der Waals surface area contributed by atoms with Crippen LogP contribution in [-0.2, 0) is 13.1 Å². The molecule has 0 spiro atoms. The highest BCUT2D eigenvalue weighted by molar-refractivity contribution is 9.10. The van der Waals surface area contributed by atoms with Crippen molar-refractivity contribution < 1.29 is 4.79 Å². The van der Waals surface area contributed by atoms with Crippen LogP contribution in [0.5, 0.6) is 0 Å². The van der Waals surface area contributed by atoms with E-state index in [0.717, 1.165) is 23.0 Å². The predicted octanol–water partition coefficient (Wildman–Crippen LogP) is 3.55. The molecule has 3 rings (SSSR count). The summed E-state index contributed by atoms with van der Waals surface area (Å²) in [5.41, 5.74) is 2.20. The van der Waals surface area contributed by atoms with Crippen LogP contribution < -0.4 is 5.32 Å². The normalized spacial score (nSPS) is 10.8. The van der Waals surface area contributed by atoms with Crippen molar-refractivity contribution in [3.05, 3.63) is 64.7 Å². The van der Waals surface area contributed by atoms with Crippen molar-refractivity contribution in [2.75, 3.05) is 5.32 Å². The molecule has 2 aromatic heterocycles. The van der Waals surface area contributed by atoms with E-state index in [1.54, 1.807) is 21.6 Å². The number of hydrogen-bond acceptors (Lipinski definition) is 3. The molecule has 2 heterocycles. The van der Waals surface area contributed by atoms with Gasteiger partial charge in [0, 0.05) is 23.4 Å². The Kier molecular flexibility index (Phi) is 5.10. The van der Waals surface area contributed by atoms with Crippen LogP contribution in [0.2, 0.25) is 0 Å². The monoisotopic (exact) mass is 387 g/mol. The van der Waals surface area contributed by atoms with Crippen LogP contribution in [0.3, 0.4) is 0 Å². The highest BCUT2D eigenvalue weighted by atomic mass is 79.9. The standard InChI is InChI=1S/C17H18BrN5O/c1-2-8-22-9-7-16(21-22)17(24)20-15-10-19-23(12-15)11-13-3-5-14(18)6-4-13/h3-7,9-10,12H,2,8,11H2,1H3,(H,20,24). The maximum absolute atomic E-state index is 12.2. The van der Waals surface area contributed by atoms with E-state index in [9.17, 15) is 4.79 Å². The first-order chi connectivity index (χ1) is 11.6. The lowest BCUT2D eigenvalue weighted by Gasteiger charge is -2.02. The fourth-order valence-corrected chi connectivity index (χ4v) is 2.59. The zero-order valence-electron chi connectivity index (χ0n) is 13.3. The fourth-order valence-electron chi connectivity index (χ4n) is 2.32. The molecule has 7 heteroatoms. The van der Waals surface area contributed by atoms with Gasteiger partial charge in [0.05, 0.1) is 18.4 Å². The van der Waals surface area contributed by atoms with Crippen molar-refractivity contribution >= 4 is 27.5 Å². The zero-order valence-corrected chi connectivity index (χ0v) is 14.9. The lowest BCUT2D eigenvalue weighted by atomic mass is 10.2. The van der Waals surface area contributed by atoms with E-state index < -0.39 is 0 Å². The van der Waals surface area contributed by atoms with Crippen molar-refractivity contribution in [2.24, 2.45) is 0 Å². The van der Waals surface area contributed by atoms with E-state index in [0.29, 0.717) is 17.9 Å². The Morgan fingerprint density at radius 1 is 1.21 bits per heavy atom. The van der Waals surface area contributed by atoms with Crippen LogP contribution in [0.1, 0.15) is 29.4 Å². The van der Waals surface area contributed by atoms with Gasteiger partial charge in [0.15, 0.2) is 5.69 Å². The average molecular weight is 388 g/mol. The van der Waals surface area contributed by atoms with Gasteiger partial charge in [-0.05, 0) is 30.2 Å². The van der Waals surface area contributed by atoms with Crippen LogP contribution >= 0.6 is 15.9 Å². The number of amides is 1. The minimum Gasteiger partial charge on any atom is -0.318 e. The van der Waals surface area contributed by atoms with Crippen LogP contribution in [0, 0.1) is 0 Å². The van der Waals surface area contributed by atoms with Gasteiger partial charge in [-0.3, -0.25) is 14.2 Å². The number of carbonyl (C=O) groups excluding carboxylic acids is 1. The van der Waals surface area contributed by atoms with Gasteiger partial charge in [0.2, 0.25) is 0 Å². The Morgan fingerprint density at radius 2 is 2.00 bits per heavy atom. The molecule has 24 heavy (non-hydrogen) atoms. The van der Waals surface area contributed by atoms with Gasteiger partial charge >= 0.3 is 0 Å². The third-order valence-electron chi connectivity index (χ3n) is 3.47. The largest absolute Gasteiger partial charge is 0.318 e. The van der Waals surface area contributed by atoms with Gasteiger partial charge in [-0.1, -0.05) is 35.0 Å². The molecule has 0 radical (unpaired) electrons. The maximum Gasteiger partial charge on any atom is 0.276 e. The number of carbonyl (C=O) groups is 1. The SMILES string of the molecule is CCCn1ccc(C(=O)Nc2cnn(Cc3ccc(Br)cc3)c2)n1. The van der Waals surface area contributed by atoms with E-state index >= 15 is 0 Å². The van der Waals surface area contributed by atoms with E-state index in [-0.39, 0.29) is 5.91 Å². The second-order valence-corrected chi connectivity index (χ2v) is 6.39. The molecule has 0 aliphatic heterocycles. The van der Waals surface area contributed by atoms with Crippen molar-refractivity contribution in [1.29, 1.82) is 0 Å². The quantitative estimate of drug-likeness (QED) is 0.703. The Balaban J connectivity index is 1.62. The Labute approximate surface area is 148 Å². The third-order valence-corrected chi connectivity index (χ3v) is 4.00. The Hall–Kier alpha value is -2.41. The first-order valence-electron chi connectivity index (χ1n) is 7.76. The average Bonchev–Trinajstić information content (AvgIpc) is 3.20. The molecule has 0 atom stereocenters. The Bertz CT molecular complexity index is 822. The molecule has 0 bridgehead atoms. The minimum atomic E-state index is -0.229. The first-order valence-corrected chi connectivity index (χ1v) is 8.55. The van der Waals surface area contributed by atoms with Gasteiger partial charge in [0.25, 0.3) is 5.91 Å². The summed E-state index contributed by atoms with van der Waals surface area (Å²) in [5, 5.41) is 11.4. The third kappa shape index (κ3) is 4.11. The summed E-state index contributed by atoms with van der Waals surface area (Å²) in [6, 6.07) is 9.77. The second kappa shape index (κ2) is 7.44. The minimum absolute atomic E-state index is 0.229. The number of anilines is 1. The first kappa shape index (κ1) is 16.4. The molecule has 1 amide bonds. The van der Waals surface area contributed by atoms with E-state index in [4.69, 9.17) is 0 Å². The lowest BCUT2D eigenvalue weighted by Crippen LogP contribution is -2.13. The zero-order chi connectivity index (χ0) is 16.9. The van der Waals surface area contributed by atoms with Crippen LogP contribution in [0.15, 0.2) is 53.4 Å². The van der Waals surface area contributed by atoms with Gasteiger partial charge in [0.1, 0.15) is 0 Å². The summed E-state index contributed by atoms with van der Waals surface area (Å²) < 4.78 is 4.60. The fraction of sp³-hybridized carbons (Fsp3) is 0.235. The molecule has 0 aliphatic rings. The summed E-state index contributed by atoms with van der Waals surface area (Å²) in [7, 11) is 0. The van der Waals surface area contributed by atoms with Crippen LogP contribution in [-0.4, -0.2) is 25.5 Å². The number of benzene rings is 1. The molecule has 1 N–H and O–H groups in total. The van der Waals surface area contributed by atoms with Crippen molar-refractivity contribution in [3.8, 4) is 0 Å². The predicted molar refractivity (Wildman–Crippen MR) is 95.9 cm³/mol. The molecular formula is C17H18BrN5O.